The maximum absolute atomic E-state index is 11.1. The summed E-state index contributed by atoms with van der Waals surface area (Å²) in [5, 5.41) is 10.5. The first-order chi connectivity index (χ1) is 10.2. The zero-order valence-corrected chi connectivity index (χ0v) is 12.6. The van der Waals surface area contributed by atoms with E-state index >= 15 is 0 Å². The van der Waals surface area contributed by atoms with E-state index in [1.54, 1.807) is 6.07 Å². The number of carboxylic acid groups (broad SMARTS) is 1. The molecule has 0 aliphatic rings. The highest BCUT2D eigenvalue weighted by Gasteiger charge is 2.15. The number of aromatic carboxylic acids is 1. The Labute approximate surface area is 128 Å². The number of para-hydroxylation sites is 1. The van der Waals surface area contributed by atoms with Crippen LogP contribution in [0.15, 0.2) is 33.6 Å². The van der Waals surface area contributed by atoms with Gasteiger partial charge in [-0.3, -0.25) is 0 Å². The molecule has 0 aliphatic carbocycles. The summed E-state index contributed by atoms with van der Waals surface area (Å²) < 4.78 is 4.96. The lowest BCUT2D eigenvalue weighted by Gasteiger charge is -2.04. The number of aromatic nitrogens is 4. The van der Waals surface area contributed by atoms with Gasteiger partial charge in [-0.2, -0.15) is 4.37 Å². The fourth-order valence-corrected chi connectivity index (χ4v) is 3.45. The summed E-state index contributed by atoms with van der Waals surface area (Å²) in [4.78, 5) is 23.7. The number of rotatable bonds is 4. The van der Waals surface area contributed by atoms with Crippen molar-refractivity contribution < 1.29 is 9.90 Å². The van der Waals surface area contributed by atoms with Crippen LogP contribution in [-0.2, 0) is 6.42 Å². The summed E-state index contributed by atoms with van der Waals surface area (Å²) in [6.45, 7) is 1.99. The van der Waals surface area contributed by atoms with Crippen molar-refractivity contribution in [1.29, 1.82) is 0 Å². The van der Waals surface area contributed by atoms with E-state index in [2.05, 4.69) is 19.3 Å². The Balaban J connectivity index is 2.09. The molecule has 106 valence electrons. The summed E-state index contributed by atoms with van der Waals surface area (Å²) in [6, 6.07) is 7.32. The van der Waals surface area contributed by atoms with Gasteiger partial charge >= 0.3 is 5.97 Å². The first kappa shape index (κ1) is 13.9. The monoisotopic (exact) mass is 318 g/mol. The van der Waals surface area contributed by atoms with Crippen LogP contribution < -0.4 is 0 Å². The van der Waals surface area contributed by atoms with E-state index < -0.39 is 5.97 Å². The second-order valence-electron chi connectivity index (χ2n) is 4.11. The lowest BCUT2D eigenvalue weighted by molar-refractivity contribution is 0.0683. The Bertz CT molecular complexity index is 819. The molecule has 0 saturated heterocycles. The van der Waals surface area contributed by atoms with Crippen LogP contribution in [0.4, 0.5) is 0 Å². The van der Waals surface area contributed by atoms with Gasteiger partial charge < -0.3 is 5.11 Å². The minimum Gasteiger partial charge on any atom is -0.475 e. The van der Waals surface area contributed by atoms with Crippen molar-refractivity contribution in [3.05, 3.63) is 35.9 Å². The SMILES string of the molecule is CCc1nsc(Sc2nc(C(=O)O)nc3ccccc23)n1. The number of carbonyl (C=O) groups is 1. The Hall–Kier alpha value is -2.06. The Morgan fingerprint density at radius 2 is 2.10 bits per heavy atom. The lowest BCUT2D eigenvalue weighted by Crippen LogP contribution is -2.05. The average Bonchev–Trinajstić information content (AvgIpc) is 2.94. The first-order valence-corrected chi connectivity index (χ1v) is 7.77. The predicted molar refractivity (Wildman–Crippen MR) is 79.9 cm³/mol. The molecule has 0 saturated carbocycles. The number of carboxylic acids is 1. The summed E-state index contributed by atoms with van der Waals surface area (Å²) in [5.41, 5.74) is 0.604. The second-order valence-corrected chi connectivity index (χ2v) is 6.09. The molecule has 3 rings (SSSR count). The summed E-state index contributed by atoms with van der Waals surface area (Å²) >= 11 is 2.60. The molecule has 0 spiro atoms. The average molecular weight is 318 g/mol. The van der Waals surface area contributed by atoms with Crippen molar-refractivity contribution in [3.8, 4) is 0 Å². The predicted octanol–water partition coefficient (Wildman–Crippen LogP) is 2.89. The van der Waals surface area contributed by atoms with Crippen LogP contribution in [-0.4, -0.2) is 30.4 Å². The molecule has 6 nitrogen and oxygen atoms in total. The van der Waals surface area contributed by atoms with Crippen LogP contribution in [0.5, 0.6) is 0 Å². The maximum Gasteiger partial charge on any atom is 0.373 e. The van der Waals surface area contributed by atoms with Gasteiger partial charge in [0, 0.05) is 11.8 Å². The lowest BCUT2D eigenvalue weighted by atomic mass is 10.2. The van der Waals surface area contributed by atoms with Gasteiger partial charge in [-0.05, 0) is 29.4 Å². The Kier molecular flexibility index (Phi) is 3.80. The first-order valence-electron chi connectivity index (χ1n) is 6.18. The highest BCUT2D eigenvalue weighted by Crippen LogP contribution is 2.32. The number of fused-ring (bicyclic) bond motifs is 1. The molecule has 0 radical (unpaired) electrons. The normalized spacial score (nSPS) is 10.9. The highest BCUT2D eigenvalue weighted by atomic mass is 32.2. The van der Waals surface area contributed by atoms with Crippen molar-refractivity contribution in [3.63, 3.8) is 0 Å². The molecule has 0 bridgehead atoms. The van der Waals surface area contributed by atoms with E-state index in [1.165, 1.54) is 23.3 Å². The minimum atomic E-state index is -1.14. The fraction of sp³-hybridized carbons (Fsp3) is 0.154. The molecule has 1 N–H and O–H groups in total. The van der Waals surface area contributed by atoms with Crippen LogP contribution >= 0.6 is 23.3 Å². The molecule has 2 heterocycles. The molecule has 0 aliphatic heterocycles. The van der Waals surface area contributed by atoms with E-state index in [9.17, 15) is 4.79 Å². The van der Waals surface area contributed by atoms with Crippen LogP contribution in [0, 0.1) is 0 Å². The third-order valence-corrected chi connectivity index (χ3v) is 4.50. The van der Waals surface area contributed by atoms with Gasteiger partial charge in [-0.1, -0.05) is 25.1 Å². The minimum absolute atomic E-state index is 0.212. The van der Waals surface area contributed by atoms with Gasteiger partial charge in [0.1, 0.15) is 10.9 Å². The van der Waals surface area contributed by atoms with E-state index in [1.807, 2.05) is 25.1 Å². The smallest absolute Gasteiger partial charge is 0.373 e. The third-order valence-electron chi connectivity index (χ3n) is 2.71. The standard InChI is InChI=1S/C13H10N4O2S2/c1-2-9-15-13(21-17-9)20-11-7-5-3-4-6-8(7)14-10(16-11)12(18)19/h3-6H,2H2,1H3,(H,18,19). The largest absolute Gasteiger partial charge is 0.475 e. The van der Waals surface area contributed by atoms with Crippen molar-refractivity contribution in [1.82, 2.24) is 19.3 Å². The molecule has 8 heteroatoms. The number of aryl methyl sites for hydroxylation is 1. The van der Waals surface area contributed by atoms with Crippen molar-refractivity contribution in [2.75, 3.05) is 0 Å². The van der Waals surface area contributed by atoms with Crippen molar-refractivity contribution >= 4 is 40.2 Å². The molecule has 21 heavy (non-hydrogen) atoms. The fourth-order valence-electron chi connectivity index (χ4n) is 1.73. The summed E-state index contributed by atoms with van der Waals surface area (Å²) in [6.07, 6.45) is 0.766. The molecule has 0 fully saturated rings. The molecule has 3 aromatic rings. The maximum atomic E-state index is 11.1. The zero-order chi connectivity index (χ0) is 14.8. The zero-order valence-electron chi connectivity index (χ0n) is 11.0. The van der Waals surface area contributed by atoms with Gasteiger partial charge in [0.2, 0.25) is 5.82 Å². The van der Waals surface area contributed by atoms with Crippen molar-refractivity contribution in [2.24, 2.45) is 0 Å². The third kappa shape index (κ3) is 2.86. The molecule has 0 amide bonds. The van der Waals surface area contributed by atoms with Gasteiger partial charge in [0.15, 0.2) is 4.34 Å². The molecular weight excluding hydrogens is 308 g/mol. The molecule has 1 aromatic carbocycles. The van der Waals surface area contributed by atoms with E-state index in [4.69, 9.17) is 5.11 Å². The van der Waals surface area contributed by atoms with Crippen LogP contribution in [0.25, 0.3) is 10.9 Å². The van der Waals surface area contributed by atoms with E-state index in [0.29, 0.717) is 10.5 Å². The van der Waals surface area contributed by atoms with E-state index in [-0.39, 0.29) is 5.82 Å². The van der Waals surface area contributed by atoms with Gasteiger partial charge in [0.25, 0.3) is 0 Å². The topological polar surface area (TPSA) is 88.9 Å². The molecular formula is C13H10N4O2S2. The second kappa shape index (κ2) is 5.74. The Morgan fingerprint density at radius 3 is 2.81 bits per heavy atom. The van der Waals surface area contributed by atoms with Gasteiger partial charge in [-0.25, -0.2) is 19.7 Å². The molecule has 0 atom stereocenters. The van der Waals surface area contributed by atoms with Crippen LogP contribution in [0.2, 0.25) is 0 Å². The Morgan fingerprint density at radius 1 is 1.29 bits per heavy atom. The number of nitrogens with zero attached hydrogens (tertiary/aromatic N) is 4. The van der Waals surface area contributed by atoms with E-state index in [0.717, 1.165) is 22.0 Å². The number of benzene rings is 1. The van der Waals surface area contributed by atoms with Crippen LogP contribution in [0.1, 0.15) is 23.4 Å². The van der Waals surface area contributed by atoms with Gasteiger partial charge in [0.05, 0.1) is 5.52 Å². The number of hydrogen-bond donors (Lipinski definition) is 1. The van der Waals surface area contributed by atoms with Crippen molar-refractivity contribution in [2.45, 2.75) is 22.7 Å². The quantitative estimate of drug-likeness (QED) is 0.740. The molecule has 0 unspecified atom stereocenters. The summed E-state index contributed by atoms with van der Waals surface area (Å²) in [5.74, 6) is -0.579. The van der Waals surface area contributed by atoms with Gasteiger partial charge in [-0.15, -0.1) is 0 Å². The summed E-state index contributed by atoms with van der Waals surface area (Å²) in [7, 11) is 0. The molecule has 2 aromatic heterocycles. The number of hydrogen-bond acceptors (Lipinski definition) is 7. The highest BCUT2D eigenvalue weighted by molar-refractivity contribution is 8.01. The van der Waals surface area contributed by atoms with Crippen LogP contribution in [0.3, 0.4) is 0 Å².